The van der Waals surface area contributed by atoms with Gasteiger partial charge in [0.05, 0.1) is 34.6 Å². The Labute approximate surface area is 384 Å². The smallest absolute Gasteiger partial charge is 0.545 e. The first-order valence-electron chi connectivity index (χ1n) is 11.5. The second kappa shape index (κ2) is 26.7. The van der Waals surface area contributed by atoms with Crippen molar-refractivity contribution in [2.24, 2.45) is 0 Å². The van der Waals surface area contributed by atoms with Crippen molar-refractivity contribution in [3.05, 3.63) is 143 Å². The van der Waals surface area contributed by atoms with Gasteiger partial charge in [-0.2, -0.15) is 0 Å². The van der Waals surface area contributed by atoms with Gasteiger partial charge in [0.15, 0.2) is 0 Å². The Morgan fingerprint density at radius 2 is 0.489 bits per heavy atom. The molecule has 0 atom stereocenters. The fourth-order valence-electron chi connectivity index (χ4n) is 2.93. The maximum atomic E-state index is 10.4. The number of carboxylic acids is 6. The predicted molar refractivity (Wildman–Crippen MR) is 140 cm³/mol. The maximum Gasteiger partial charge on any atom is 1.00 e. The molecule has 0 aromatic heterocycles. The van der Waals surface area contributed by atoms with Crippen molar-refractivity contribution in [2.75, 3.05) is 0 Å². The van der Waals surface area contributed by atoms with Gasteiger partial charge in [0.25, 0.3) is 0 Å². The van der Waals surface area contributed by atoms with E-state index in [1.165, 1.54) is 72.8 Å². The zero-order valence-corrected chi connectivity index (χ0v) is 33.8. The van der Waals surface area contributed by atoms with Crippen molar-refractivity contribution >= 4 is 35.8 Å². The van der Waals surface area contributed by atoms with Gasteiger partial charge >= 0.3 is 172 Å². The minimum Gasteiger partial charge on any atom is -0.545 e. The molecule has 0 bridgehead atoms. The maximum absolute atomic E-state index is 10.4. The average molecular weight is 691 g/mol. The molecule has 12 nitrogen and oxygen atoms in total. The number of rotatable bonds is 6. The molecule has 0 saturated carbocycles. The SMILES string of the molecule is O=C([O-])c1ccccc1C(=O)O.O=C([O-])c1ccccc1C(=O)O.O=C([O-])c1ccccc1C(=O)O.[K+].[K+].[K+].c1ccccc1. The first-order chi connectivity index (χ1) is 19.9. The van der Waals surface area contributed by atoms with Crippen molar-refractivity contribution in [1.29, 1.82) is 0 Å². The Hall–Kier alpha value is -1.39. The standard InChI is InChI=1S/3C8H6O4.C6H6.3K/c3*9-7(10)5-3-1-2-4-6(5)8(11)12;1-2-4-6-5-3-1;;;/h3*1-4H,(H,9,10)(H,11,12);1-6H;;;/q;;;;3*+1/p-3. The van der Waals surface area contributed by atoms with Crippen molar-refractivity contribution in [3.8, 4) is 0 Å². The molecule has 3 N–H and O–H groups in total. The molecule has 0 spiro atoms. The molecule has 0 aliphatic carbocycles. The Morgan fingerprint density at radius 3 is 0.600 bits per heavy atom. The Morgan fingerprint density at radius 1 is 0.333 bits per heavy atom. The van der Waals surface area contributed by atoms with Gasteiger partial charge in [0.2, 0.25) is 0 Å². The molecule has 0 unspecified atom stereocenters. The first-order valence-corrected chi connectivity index (χ1v) is 11.5. The molecule has 0 amide bonds. The van der Waals surface area contributed by atoms with E-state index in [4.69, 9.17) is 15.3 Å². The monoisotopic (exact) mass is 690 g/mol. The van der Waals surface area contributed by atoms with Gasteiger partial charge in [0.1, 0.15) is 0 Å². The number of carbonyl (C=O) groups is 6. The number of hydrogen-bond donors (Lipinski definition) is 3. The fraction of sp³-hybridized carbons (Fsp3) is 0. The zero-order chi connectivity index (χ0) is 31.7. The zero-order valence-electron chi connectivity index (χ0n) is 24.4. The minimum atomic E-state index is -1.48. The molecule has 216 valence electrons. The number of hydrogen-bond acceptors (Lipinski definition) is 9. The van der Waals surface area contributed by atoms with Crippen LogP contribution in [0.1, 0.15) is 62.1 Å². The number of aromatic carboxylic acids is 6. The van der Waals surface area contributed by atoms with Gasteiger partial charge in [-0.3, -0.25) is 0 Å². The van der Waals surface area contributed by atoms with Gasteiger partial charge in [-0.05, 0) is 18.2 Å². The van der Waals surface area contributed by atoms with Crippen LogP contribution in [-0.4, -0.2) is 51.1 Å². The third kappa shape index (κ3) is 18.5. The van der Waals surface area contributed by atoms with Gasteiger partial charge in [0, 0.05) is 16.7 Å². The molecule has 0 fully saturated rings. The molecule has 0 radical (unpaired) electrons. The fourth-order valence-corrected chi connectivity index (χ4v) is 2.93. The molecule has 0 aliphatic heterocycles. The van der Waals surface area contributed by atoms with E-state index in [1.807, 2.05) is 36.4 Å². The van der Waals surface area contributed by atoms with Gasteiger partial charge in [-0.25, -0.2) is 14.4 Å². The normalized spacial score (nSPS) is 8.53. The van der Waals surface area contributed by atoms with Crippen LogP contribution >= 0.6 is 0 Å². The first kappa shape index (κ1) is 48.0. The van der Waals surface area contributed by atoms with Gasteiger partial charge < -0.3 is 45.0 Å². The van der Waals surface area contributed by atoms with Crippen LogP contribution in [0.4, 0.5) is 0 Å². The Kier molecular flexibility index (Phi) is 28.4. The summed E-state index contributed by atoms with van der Waals surface area (Å²) in [4.78, 5) is 62.4. The van der Waals surface area contributed by atoms with Crippen LogP contribution in [-0.2, 0) is 0 Å². The molecular weight excluding hydrogens is 670 g/mol. The topological polar surface area (TPSA) is 232 Å². The third-order valence-electron chi connectivity index (χ3n) is 4.80. The van der Waals surface area contributed by atoms with E-state index in [-0.39, 0.29) is 188 Å². The van der Waals surface area contributed by atoms with E-state index in [2.05, 4.69) is 0 Å². The minimum absolute atomic E-state index is 0. The van der Waals surface area contributed by atoms with Crippen LogP contribution < -0.4 is 169 Å². The summed E-state index contributed by atoms with van der Waals surface area (Å²) in [5.74, 6) is -8.24. The Balaban J connectivity index is -0.000000523. The van der Waals surface area contributed by atoms with Crippen molar-refractivity contribution in [1.82, 2.24) is 0 Å². The summed E-state index contributed by atoms with van der Waals surface area (Å²) in [7, 11) is 0. The number of carbonyl (C=O) groups excluding carboxylic acids is 3. The van der Waals surface area contributed by atoms with Crippen LogP contribution in [0.15, 0.2) is 109 Å². The van der Waals surface area contributed by atoms with Crippen LogP contribution in [0.25, 0.3) is 0 Å². The third-order valence-corrected chi connectivity index (χ3v) is 4.80. The van der Waals surface area contributed by atoms with Crippen LogP contribution in [0.3, 0.4) is 0 Å². The Bertz CT molecular complexity index is 1270. The predicted octanol–water partition coefficient (Wildman–Crippen LogP) is -8.06. The summed E-state index contributed by atoms with van der Waals surface area (Å²) in [6.45, 7) is 0. The quantitative estimate of drug-likeness (QED) is 0.160. The van der Waals surface area contributed by atoms with Gasteiger partial charge in [-0.15, -0.1) is 0 Å². The molecular formula is C30H21K3O12. The van der Waals surface area contributed by atoms with Crippen molar-refractivity contribution in [2.45, 2.75) is 0 Å². The van der Waals surface area contributed by atoms with E-state index < -0.39 is 35.8 Å². The molecule has 15 heteroatoms. The van der Waals surface area contributed by atoms with Crippen LogP contribution in [0.5, 0.6) is 0 Å². The average Bonchev–Trinajstić information content (AvgIpc) is 2.99. The summed E-state index contributed by atoms with van der Waals surface area (Å²) in [6, 6.07) is 27.9. The second-order valence-electron chi connectivity index (χ2n) is 7.57. The molecule has 45 heavy (non-hydrogen) atoms. The van der Waals surface area contributed by atoms with Crippen molar-refractivity contribution in [3.63, 3.8) is 0 Å². The summed E-state index contributed by atoms with van der Waals surface area (Å²) in [5.41, 5.74) is -1.66. The van der Waals surface area contributed by atoms with E-state index in [9.17, 15) is 44.1 Å². The van der Waals surface area contributed by atoms with Crippen LogP contribution in [0.2, 0.25) is 0 Å². The van der Waals surface area contributed by atoms with E-state index in [0.29, 0.717) is 0 Å². The van der Waals surface area contributed by atoms with Crippen molar-refractivity contribution < 1.29 is 214 Å². The molecule has 4 rings (SSSR count). The van der Waals surface area contributed by atoms with E-state index in [0.717, 1.165) is 0 Å². The largest absolute Gasteiger partial charge is 1.00 e. The number of carboxylic acid groups (broad SMARTS) is 6. The van der Waals surface area contributed by atoms with E-state index in [1.54, 1.807) is 0 Å². The molecule has 4 aromatic carbocycles. The molecule has 4 aromatic rings. The van der Waals surface area contributed by atoms with E-state index >= 15 is 0 Å². The second-order valence-corrected chi connectivity index (χ2v) is 7.57. The summed E-state index contributed by atoms with van der Waals surface area (Å²) >= 11 is 0. The summed E-state index contributed by atoms with van der Waals surface area (Å²) in [5, 5.41) is 56.6. The van der Waals surface area contributed by atoms with Crippen LogP contribution in [0, 0.1) is 0 Å². The van der Waals surface area contributed by atoms with Gasteiger partial charge in [-0.1, -0.05) is 91.0 Å². The molecule has 0 aliphatic rings. The summed E-state index contributed by atoms with van der Waals surface area (Å²) < 4.78 is 0. The summed E-state index contributed by atoms with van der Waals surface area (Å²) in [6.07, 6.45) is 0. The number of benzene rings is 4. The molecule has 0 saturated heterocycles. The molecule has 0 heterocycles.